The number of carbonyl (C=O) groups is 2. The highest BCUT2D eigenvalue weighted by atomic mass is 16.7. The second kappa shape index (κ2) is 10.5. The number of carboxylic acids is 1. The highest BCUT2D eigenvalue weighted by Crippen LogP contribution is 2.22. The number of ether oxygens (including phenoxy) is 2. The summed E-state index contributed by atoms with van der Waals surface area (Å²) in [6, 6.07) is 4.04. The van der Waals surface area contributed by atoms with Crippen LogP contribution in [0.2, 0.25) is 0 Å². The molecule has 0 unspecified atom stereocenters. The van der Waals surface area contributed by atoms with Gasteiger partial charge in [0.15, 0.2) is 0 Å². The summed E-state index contributed by atoms with van der Waals surface area (Å²) in [6.07, 6.45) is 6.92. The van der Waals surface area contributed by atoms with Gasteiger partial charge in [-0.3, -0.25) is 0 Å². The number of benzene rings is 1. The smallest absolute Gasteiger partial charge is 0.478 e. The maximum Gasteiger partial charge on any atom is 0.513 e. The van der Waals surface area contributed by atoms with Crippen LogP contribution >= 0.6 is 0 Å². The molecule has 1 aromatic carbocycles. The summed E-state index contributed by atoms with van der Waals surface area (Å²) in [7, 11) is 0. The molecule has 0 aliphatic carbocycles. The molecule has 0 radical (unpaired) electrons. The number of rotatable bonds is 10. The van der Waals surface area contributed by atoms with Crippen molar-refractivity contribution in [3.8, 4) is 5.75 Å². The quantitative estimate of drug-likeness (QED) is 0.289. The molecular weight excluding hydrogens is 298 g/mol. The van der Waals surface area contributed by atoms with E-state index in [-0.39, 0.29) is 23.6 Å². The van der Waals surface area contributed by atoms with Crippen LogP contribution in [0, 0.1) is 0 Å². The summed E-state index contributed by atoms with van der Waals surface area (Å²) >= 11 is 0. The van der Waals surface area contributed by atoms with E-state index in [0.29, 0.717) is 0 Å². The zero-order valence-electron chi connectivity index (χ0n) is 13.5. The number of nitrogens with two attached hydrogens (primary N) is 1. The van der Waals surface area contributed by atoms with Gasteiger partial charge >= 0.3 is 12.1 Å². The molecule has 1 rings (SSSR count). The fraction of sp³-hybridized carbons (Fsp3) is 0.529. The molecule has 128 valence electrons. The lowest BCUT2D eigenvalue weighted by Crippen LogP contribution is -2.14. The van der Waals surface area contributed by atoms with E-state index >= 15 is 0 Å². The van der Waals surface area contributed by atoms with E-state index in [2.05, 4.69) is 6.92 Å². The molecule has 6 nitrogen and oxygen atoms in total. The van der Waals surface area contributed by atoms with Gasteiger partial charge in [0.2, 0.25) is 0 Å². The van der Waals surface area contributed by atoms with Gasteiger partial charge in [-0.2, -0.15) is 0 Å². The van der Waals surface area contributed by atoms with Crippen molar-refractivity contribution >= 4 is 17.8 Å². The lowest BCUT2D eigenvalue weighted by Gasteiger charge is -2.08. The zero-order chi connectivity index (χ0) is 17.1. The summed E-state index contributed by atoms with van der Waals surface area (Å²) in [4.78, 5) is 22.7. The van der Waals surface area contributed by atoms with Crippen molar-refractivity contribution in [2.45, 2.75) is 51.9 Å². The Balaban J connectivity index is 2.28. The van der Waals surface area contributed by atoms with Crippen molar-refractivity contribution in [2.24, 2.45) is 0 Å². The minimum atomic E-state index is -1.22. The van der Waals surface area contributed by atoms with Crippen LogP contribution in [0.1, 0.15) is 62.2 Å². The average molecular weight is 323 g/mol. The van der Waals surface area contributed by atoms with Crippen molar-refractivity contribution in [3.63, 3.8) is 0 Å². The van der Waals surface area contributed by atoms with Crippen molar-refractivity contribution in [2.75, 3.05) is 12.3 Å². The van der Waals surface area contributed by atoms with Gasteiger partial charge in [-0.05, 0) is 24.6 Å². The molecule has 0 saturated heterocycles. The number of aromatic carboxylic acids is 1. The van der Waals surface area contributed by atoms with Gasteiger partial charge < -0.3 is 20.3 Å². The predicted octanol–water partition coefficient (Wildman–Crippen LogP) is 4.23. The van der Waals surface area contributed by atoms with E-state index in [4.69, 9.17) is 20.3 Å². The van der Waals surface area contributed by atoms with Crippen LogP contribution in [0.25, 0.3) is 0 Å². The number of nitrogen functional groups attached to an aromatic ring is 1. The lowest BCUT2D eigenvalue weighted by atomic mass is 10.1. The summed E-state index contributed by atoms with van der Waals surface area (Å²) in [5.41, 5.74) is 5.63. The Hall–Kier alpha value is -2.24. The van der Waals surface area contributed by atoms with Gasteiger partial charge in [-0.25, -0.2) is 9.59 Å². The van der Waals surface area contributed by atoms with Gasteiger partial charge in [0.05, 0.1) is 6.61 Å². The van der Waals surface area contributed by atoms with E-state index in [0.717, 1.165) is 19.3 Å². The van der Waals surface area contributed by atoms with Crippen LogP contribution in [0.3, 0.4) is 0 Å². The molecule has 0 aliphatic rings. The third-order valence-corrected chi connectivity index (χ3v) is 3.40. The monoisotopic (exact) mass is 323 g/mol. The van der Waals surface area contributed by atoms with Gasteiger partial charge in [0, 0.05) is 5.69 Å². The number of anilines is 1. The van der Waals surface area contributed by atoms with Crippen molar-refractivity contribution < 1.29 is 24.2 Å². The molecule has 0 fully saturated rings. The van der Waals surface area contributed by atoms with Crippen molar-refractivity contribution in [1.82, 2.24) is 0 Å². The summed E-state index contributed by atoms with van der Waals surface area (Å²) in [5, 5.41) is 9.05. The first-order valence-electron chi connectivity index (χ1n) is 8.02. The van der Waals surface area contributed by atoms with E-state index in [1.165, 1.54) is 43.9 Å². The molecule has 23 heavy (non-hydrogen) atoms. The number of hydrogen-bond acceptors (Lipinski definition) is 5. The van der Waals surface area contributed by atoms with Gasteiger partial charge in [-0.15, -0.1) is 0 Å². The Labute approximate surface area is 136 Å². The SMILES string of the molecule is CCCCCCCCCOC(=O)Oc1ccc(N)cc1C(=O)O. The highest BCUT2D eigenvalue weighted by Gasteiger charge is 2.15. The molecule has 0 heterocycles. The Kier molecular flexibility index (Phi) is 8.57. The Bertz CT molecular complexity index is 516. The van der Waals surface area contributed by atoms with Crippen LogP contribution in [-0.4, -0.2) is 23.8 Å². The van der Waals surface area contributed by atoms with Gasteiger partial charge in [-0.1, -0.05) is 45.4 Å². The molecule has 0 bridgehead atoms. The molecule has 1 aromatic rings. The molecule has 0 saturated carbocycles. The minimum absolute atomic E-state index is 0.0729. The van der Waals surface area contributed by atoms with Gasteiger partial charge in [0.25, 0.3) is 0 Å². The zero-order valence-corrected chi connectivity index (χ0v) is 13.5. The number of carboxylic acid groups (broad SMARTS) is 1. The summed E-state index contributed by atoms with van der Waals surface area (Å²) in [6.45, 7) is 2.44. The number of unbranched alkanes of at least 4 members (excludes halogenated alkanes) is 6. The van der Waals surface area contributed by atoms with E-state index in [1.54, 1.807) is 0 Å². The molecule has 0 amide bonds. The normalized spacial score (nSPS) is 10.3. The lowest BCUT2D eigenvalue weighted by molar-refractivity contribution is 0.0689. The predicted molar refractivity (Wildman–Crippen MR) is 87.8 cm³/mol. The van der Waals surface area contributed by atoms with Gasteiger partial charge in [0.1, 0.15) is 11.3 Å². The van der Waals surface area contributed by atoms with E-state index in [1.807, 2.05) is 0 Å². The van der Waals surface area contributed by atoms with Crippen LogP contribution in [0.15, 0.2) is 18.2 Å². The summed E-state index contributed by atoms with van der Waals surface area (Å²) < 4.78 is 9.88. The van der Waals surface area contributed by atoms with Crippen LogP contribution < -0.4 is 10.5 Å². The average Bonchev–Trinajstić information content (AvgIpc) is 2.51. The fourth-order valence-electron chi connectivity index (χ4n) is 2.14. The Morgan fingerprint density at radius 2 is 1.74 bits per heavy atom. The molecule has 6 heteroatoms. The number of hydrogen-bond donors (Lipinski definition) is 2. The standard InChI is InChI=1S/C17H25NO5/c1-2-3-4-5-6-7-8-11-22-17(21)23-15-10-9-13(18)12-14(15)16(19)20/h9-10,12H,2-8,11,18H2,1H3,(H,19,20). The molecule has 0 spiro atoms. The Morgan fingerprint density at radius 3 is 2.39 bits per heavy atom. The van der Waals surface area contributed by atoms with Crippen molar-refractivity contribution in [3.05, 3.63) is 23.8 Å². The largest absolute Gasteiger partial charge is 0.513 e. The minimum Gasteiger partial charge on any atom is -0.478 e. The summed E-state index contributed by atoms with van der Waals surface area (Å²) in [5.74, 6) is -1.29. The maximum absolute atomic E-state index is 11.6. The Morgan fingerprint density at radius 1 is 1.09 bits per heavy atom. The molecule has 0 aromatic heterocycles. The topological polar surface area (TPSA) is 98.9 Å². The van der Waals surface area contributed by atoms with Crippen molar-refractivity contribution in [1.29, 1.82) is 0 Å². The first-order valence-corrected chi connectivity index (χ1v) is 8.02. The third-order valence-electron chi connectivity index (χ3n) is 3.40. The van der Waals surface area contributed by atoms with Crippen LogP contribution in [0.4, 0.5) is 10.5 Å². The second-order valence-corrected chi connectivity index (χ2v) is 5.38. The van der Waals surface area contributed by atoms with Crippen LogP contribution in [0.5, 0.6) is 5.75 Å². The fourth-order valence-corrected chi connectivity index (χ4v) is 2.14. The number of carbonyl (C=O) groups excluding carboxylic acids is 1. The first-order chi connectivity index (χ1) is 11.0. The first kappa shape index (κ1) is 18.8. The molecule has 3 N–H and O–H groups in total. The van der Waals surface area contributed by atoms with E-state index in [9.17, 15) is 9.59 Å². The third kappa shape index (κ3) is 7.54. The second-order valence-electron chi connectivity index (χ2n) is 5.38. The maximum atomic E-state index is 11.6. The molecule has 0 aliphatic heterocycles. The van der Waals surface area contributed by atoms with Crippen LogP contribution in [-0.2, 0) is 4.74 Å². The highest BCUT2D eigenvalue weighted by molar-refractivity contribution is 5.92. The van der Waals surface area contributed by atoms with E-state index < -0.39 is 12.1 Å². The molecule has 0 atom stereocenters. The molecular formula is C17H25NO5.